The molecule has 0 atom stereocenters. The predicted molar refractivity (Wildman–Crippen MR) is 87.7 cm³/mol. The molecule has 0 aliphatic carbocycles. The molecule has 2 rings (SSSR count). The lowest BCUT2D eigenvalue weighted by molar-refractivity contribution is -0.385. The van der Waals surface area contributed by atoms with Gasteiger partial charge in [0.05, 0.1) is 27.8 Å². The lowest BCUT2D eigenvalue weighted by Gasteiger charge is -2.10. The standard InChI is InChI=1S/C15H19N3O3S/c1-4-21-15-11(7-10(2)8-13(15)18(19)20)12-9-22-14(17-12)5-6-16-3/h7-9,16H,4-6H2,1-3H3. The van der Waals surface area contributed by atoms with Crippen LogP contribution in [-0.2, 0) is 6.42 Å². The van der Waals surface area contributed by atoms with Gasteiger partial charge in [0.1, 0.15) is 0 Å². The van der Waals surface area contributed by atoms with Gasteiger partial charge in [0.15, 0.2) is 0 Å². The van der Waals surface area contributed by atoms with E-state index in [0.29, 0.717) is 17.9 Å². The lowest BCUT2D eigenvalue weighted by atomic mass is 10.1. The minimum atomic E-state index is -0.407. The van der Waals surface area contributed by atoms with Gasteiger partial charge in [0.25, 0.3) is 0 Å². The normalized spacial score (nSPS) is 10.7. The van der Waals surface area contributed by atoms with Gasteiger partial charge in [-0.15, -0.1) is 11.3 Å². The Hall–Kier alpha value is -1.99. The molecular weight excluding hydrogens is 302 g/mol. The number of likely N-dealkylation sites (N-methyl/N-ethyl adjacent to an activating group) is 1. The second-order valence-electron chi connectivity index (χ2n) is 4.83. The van der Waals surface area contributed by atoms with Crippen LogP contribution in [0.25, 0.3) is 11.3 Å². The molecule has 0 aliphatic heterocycles. The van der Waals surface area contributed by atoms with Crippen molar-refractivity contribution >= 4 is 17.0 Å². The summed E-state index contributed by atoms with van der Waals surface area (Å²) in [4.78, 5) is 15.4. The van der Waals surface area contributed by atoms with Gasteiger partial charge in [-0.1, -0.05) is 0 Å². The number of aryl methyl sites for hydroxylation is 1. The molecule has 0 saturated heterocycles. The van der Waals surface area contributed by atoms with E-state index in [1.54, 1.807) is 11.3 Å². The van der Waals surface area contributed by atoms with Crippen LogP contribution in [0.1, 0.15) is 17.5 Å². The number of thiazole rings is 1. The number of rotatable bonds is 7. The average Bonchev–Trinajstić information content (AvgIpc) is 2.95. The molecule has 1 N–H and O–H groups in total. The van der Waals surface area contributed by atoms with Crippen LogP contribution in [0.3, 0.4) is 0 Å². The zero-order chi connectivity index (χ0) is 16.1. The molecule has 1 aromatic heterocycles. The second-order valence-corrected chi connectivity index (χ2v) is 5.77. The molecule has 0 spiro atoms. The van der Waals surface area contributed by atoms with E-state index in [1.807, 2.05) is 32.3 Å². The maximum atomic E-state index is 11.3. The molecule has 0 bridgehead atoms. The molecule has 1 heterocycles. The van der Waals surface area contributed by atoms with E-state index in [2.05, 4.69) is 10.3 Å². The molecule has 0 fully saturated rings. The van der Waals surface area contributed by atoms with Gasteiger partial charge < -0.3 is 10.1 Å². The van der Waals surface area contributed by atoms with Crippen molar-refractivity contribution in [3.8, 4) is 17.0 Å². The Balaban J connectivity index is 2.48. The quantitative estimate of drug-likeness (QED) is 0.626. The maximum Gasteiger partial charge on any atom is 0.311 e. The molecule has 1 aromatic carbocycles. The number of ether oxygens (including phenoxy) is 1. The highest BCUT2D eigenvalue weighted by atomic mass is 32.1. The summed E-state index contributed by atoms with van der Waals surface area (Å²) in [6.45, 7) is 4.86. The van der Waals surface area contributed by atoms with Crippen molar-refractivity contribution in [3.63, 3.8) is 0 Å². The topological polar surface area (TPSA) is 77.3 Å². The van der Waals surface area contributed by atoms with Crippen molar-refractivity contribution < 1.29 is 9.66 Å². The highest BCUT2D eigenvalue weighted by Crippen LogP contribution is 2.39. The Kier molecular flexibility index (Phi) is 5.46. The van der Waals surface area contributed by atoms with Gasteiger partial charge in [-0.05, 0) is 32.5 Å². The van der Waals surface area contributed by atoms with Crippen molar-refractivity contribution in [2.24, 2.45) is 0 Å². The van der Waals surface area contributed by atoms with E-state index in [1.165, 1.54) is 6.07 Å². The fraction of sp³-hybridized carbons (Fsp3) is 0.400. The van der Waals surface area contributed by atoms with Gasteiger partial charge in [0, 0.05) is 24.4 Å². The third kappa shape index (κ3) is 3.61. The van der Waals surface area contributed by atoms with Crippen molar-refractivity contribution in [1.82, 2.24) is 10.3 Å². The van der Waals surface area contributed by atoms with E-state index in [0.717, 1.165) is 29.2 Å². The molecule has 7 heteroatoms. The summed E-state index contributed by atoms with van der Waals surface area (Å²) in [7, 11) is 1.89. The number of benzene rings is 1. The second kappa shape index (κ2) is 7.33. The van der Waals surface area contributed by atoms with Gasteiger partial charge in [-0.3, -0.25) is 10.1 Å². The third-order valence-electron chi connectivity index (χ3n) is 3.12. The highest BCUT2D eigenvalue weighted by molar-refractivity contribution is 7.09. The summed E-state index contributed by atoms with van der Waals surface area (Å²) in [6, 6.07) is 3.41. The molecule has 0 unspecified atom stereocenters. The molecule has 0 saturated carbocycles. The van der Waals surface area contributed by atoms with Crippen LogP contribution in [0.5, 0.6) is 5.75 Å². The smallest absolute Gasteiger partial charge is 0.311 e. The molecule has 0 amide bonds. The van der Waals surface area contributed by atoms with Crippen molar-refractivity contribution in [2.75, 3.05) is 20.2 Å². The Morgan fingerprint density at radius 1 is 1.45 bits per heavy atom. The number of hydrogen-bond acceptors (Lipinski definition) is 6. The van der Waals surface area contributed by atoms with E-state index >= 15 is 0 Å². The first-order valence-corrected chi connectivity index (χ1v) is 7.96. The van der Waals surface area contributed by atoms with Crippen LogP contribution in [-0.4, -0.2) is 30.1 Å². The molecule has 0 radical (unpaired) electrons. The number of nitro groups is 1. The van der Waals surface area contributed by atoms with Crippen LogP contribution < -0.4 is 10.1 Å². The number of aromatic nitrogens is 1. The van der Waals surface area contributed by atoms with Crippen molar-refractivity contribution in [3.05, 3.63) is 38.2 Å². The van der Waals surface area contributed by atoms with E-state index in [4.69, 9.17) is 4.74 Å². The first-order valence-electron chi connectivity index (χ1n) is 7.08. The minimum Gasteiger partial charge on any atom is -0.487 e. The number of hydrogen-bond donors (Lipinski definition) is 1. The van der Waals surface area contributed by atoms with E-state index < -0.39 is 4.92 Å². The first-order chi connectivity index (χ1) is 10.6. The van der Waals surface area contributed by atoms with E-state index in [-0.39, 0.29) is 5.69 Å². The fourth-order valence-corrected chi connectivity index (χ4v) is 2.96. The average molecular weight is 321 g/mol. The molecule has 22 heavy (non-hydrogen) atoms. The van der Waals surface area contributed by atoms with Crippen LogP contribution in [0.2, 0.25) is 0 Å². The van der Waals surface area contributed by atoms with E-state index in [9.17, 15) is 10.1 Å². The number of nitrogens with one attached hydrogen (secondary N) is 1. The highest BCUT2D eigenvalue weighted by Gasteiger charge is 2.22. The molecular formula is C15H19N3O3S. The van der Waals surface area contributed by atoms with Crippen molar-refractivity contribution in [1.29, 1.82) is 0 Å². The summed E-state index contributed by atoms with van der Waals surface area (Å²) < 4.78 is 5.54. The van der Waals surface area contributed by atoms with Crippen molar-refractivity contribution in [2.45, 2.75) is 20.3 Å². The zero-order valence-corrected chi connectivity index (χ0v) is 13.7. The number of nitrogens with zero attached hydrogens (tertiary/aromatic N) is 2. The van der Waals surface area contributed by atoms with Gasteiger partial charge >= 0.3 is 5.69 Å². The predicted octanol–water partition coefficient (Wildman–Crippen LogP) is 3.19. The first kappa shape index (κ1) is 16.4. The Labute approximate surface area is 133 Å². The fourth-order valence-electron chi connectivity index (χ4n) is 2.16. The third-order valence-corrected chi connectivity index (χ3v) is 4.02. The lowest BCUT2D eigenvalue weighted by Crippen LogP contribution is -2.10. The monoisotopic (exact) mass is 321 g/mol. The summed E-state index contributed by atoms with van der Waals surface area (Å²) in [5.41, 5.74) is 2.21. The van der Waals surface area contributed by atoms with Gasteiger partial charge in [-0.2, -0.15) is 0 Å². The zero-order valence-electron chi connectivity index (χ0n) is 12.9. The maximum absolute atomic E-state index is 11.3. The van der Waals surface area contributed by atoms with Crippen LogP contribution >= 0.6 is 11.3 Å². The van der Waals surface area contributed by atoms with Crippen LogP contribution in [0.4, 0.5) is 5.69 Å². The number of nitro benzene ring substituents is 1. The van der Waals surface area contributed by atoms with Crippen LogP contribution in [0, 0.1) is 17.0 Å². The summed E-state index contributed by atoms with van der Waals surface area (Å²) in [5.74, 6) is 0.295. The minimum absolute atomic E-state index is 0.0124. The van der Waals surface area contributed by atoms with Gasteiger partial charge in [-0.25, -0.2) is 4.98 Å². The Morgan fingerprint density at radius 3 is 2.86 bits per heavy atom. The summed E-state index contributed by atoms with van der Waals surface area (Å²) >= 11 is 1.55. The van der Waals surface area contributed by atoms with Gasteiger partial charge in [0.2, 0.25) is 5.75 Å². The molecule has 0 aliphatic rings. The molecule has 2 aromatic rings. The van der Waals surface area contributed by atoms with Crippen LogP contribution in [0.15, 0.2) is 17.5 Å². The summed E-state index contributed by atoms with van der Waals surface area (Å²) in [6.07, 6.45) is 0.832. The largest absolute Gasteiger partial charge is 0.487 e. The SMILES string of the molecule is CCOc1c(-c2csc(CCNC)n2)cc(C)cc1[N+](=O)[O-]. The summed E-state index contributed by atoms with van der Waals surface area (Å²) in [5, 5.41) is 17.3. The Morgan fingerprint density at radius 2 is 2.23 bits per heavy atom. The Bertz CT molecular complexity index is 670. The molecule has 118 valence electrons. The molecule has 6 nitrogen and oxygen atoms in total.